The van der Waals surface area contributed by atoms with Crippen LogP contribution in [-0.4, -0.2) is 46.6 Å². The molecule has 0 unspecified atom stereocenters. The molecule has 1 heterocycles. The van der Waals surface area contributed by atoms with Gasteiger partial charge in [0, 0.05) is 52.2 Å². The van der Waals surface area contributed by atoms with Crippen molar-refractivity contribution in [2.45, 2.75) is 25.4 Å². The molecule has 0 aromatic heterocycles. The number of anilines is 1. The monoisotopic (exact) mass is 278 g/mol. The molecule has 1 aromatic carbocycles. The summed E-state index contributed by atoms with van der Waals surface area (Å²) >= 11 is 0. The van der Waals surface area contributed by atoms with Crippen LogP contribution in [0.1, 0.15) is 18.4 Å². The second-order valence-electron chi connectivity index (χ2n) is 5.25. The highest BCUT2D eigenvalue weighted by Gasteiger charge is 2.20. The van der Waals surface area contributed by atoms with Gasteiger partial charge in [-0.2, -0.15) is 0 Å². The molecular weight excluding hydrogens is 252 g/mol. The van der Waals surface area contributed by atoms with E-state index in [1.807, 2.05) is 0 Å². The highest BCUT2D eigenvalue weighted by atomic mass is 16.5. The standard InChI is InChI=1S/C16H26N2O2/c1-18(15-7-10-20-11-8-15)16-6-4-3-5-14(16)13-17-9-12-19-2/h3-6,15,17H,7-13H2,1-2H3. The van der Waals surface area contributed by atoms with E-state index in [2.05, 4.69) is 41.5 Å². The van der Waals surface area contributed by atoms with E-state index in [0.29, 0.717) is 6.04 Å². The Bertz CT molecular complexity index is 392. The SMILES string of the molecule is COCCNCc1ccccc1N(C)C1CCOCC1. The van der Waals surface area contributed by atoms with Gasteiger partial charge >= 0.3 is 0 Å². The van der Waals surface area contributed by atoms with Gasteiger partial charge in [0.05, 0.1) is 6.61 Å². The number of nitrogens with zero attached hydrogens (tertiary/aromatic N) is 1. The minimum Gasteiger partial charge on any atom is -0.383 e. The van der Waals surface area contributed by atoms with Gasteiger partial charge in [-0.05, 0) is 24.5 Å². The zero-order valence-corrected chi connectivity index (χ0v) is 12.6. The first-order valence-corrected chi connectivity index (χ1v) is 7.41. The highest BCUT2D eigenvalue weighted by molar-refractivity contribution is 5.53. The maximum absolute atomic E-state index is 5.45. The fourth-order valence-corrected chi connectivity index (χ4v) is 2.67. The molecule has 1 fully saturated rings. The lowest BCUT2D eigenvalue weighted by Crippen LogP contribution is -2.37. The molecule has 0 atom stereocenters. The number of para-hydroxylation sites is 1. The number of hydrogen-bond donors (Lipinski definition) is 1. The Labute approximate surface area is 122 Å². The summed E-state index contributed by atoms with van der Waals surface area (Å²) in [5.41, 5.74) is 2.67. The zero-order valence-electron chi connectivity index (χ0n) is 12.6. The van der Waals surface area contributed by atoms with Crippen molar-refractivity contribution in [2.75, 3.05) is 45.4 Å². The largest absolute Gasteiger partial charge is 0.383 e. The Morgan fingerprint density at radius 2 is 2.05 bits per heavy atom. The smallest absolute Gasteiger partial charge is 0.0587 e. The first-order chi connectivity index (χ1) is 9.83. The van der Waals surface area contributed by atoms with Crippen molar-refractivity contribution < 1.29 is 9.47 Å². The second-order valence-corrected chi connectivity index (χ2v) is 5.25. The molecule has 0 radical (unpaired) electrons. The van der Waals surface area contributed by atoms with Gasteiger partial charge in [0.2, 0.25) is 0 Å². The number of benzene rings is 1. The number of methoxy groups -OCH3 is 1. The van der Waals surface area contributed by atoms with Crippen LogP contribution in [0.25, 0.3) is 0 Å². The number of ether oxygens (including phenoxy) is 2. The summed E-state index contributed by atoms with van der Waals surface area (Å²) in [5, 5.41) is 3.42. The van der Waals surface area contributed by atoms with Crippen LogP contribution < -0.4 is 10.2 Å². The van der Waals surface area contributed by atoms with Gasteiger partial charge in [-0.1, -0.05) is 18.2 Å². The quantitative estimate of drug-likeness (QED) is 0.774. The van der Waals surface area contributed by atoms with E-state index < -0.39 is 0 Å². The molecule has 4 nitrogen and oxygen atoms in total. The van der Waals surface area contributed by atoms with Crippen LogP contribution in [0.4, 0.5) is 5.69 Å². The second kappa shape index (κ2) is 8.25. The Morgan fingerprint density at radius 1 is 1.30 bits per heavy atom. The minimum atomic E-state index is 0.587. The molecule has 2 rings (SSSR count). The minimum absolute atomic E-state index is 0.587. The van der Waals surface area contributed by atoms with Gasteiger partial charge in [-0.15, -0.1) is 0 Å². The number of rotatable bonds is 7. The molecule has 4 heteroatoms. The predicted molar refractivity (Wildman–Crippen MR) is 82.3 cm³/mol. The third kappa shape index (κ3) is 4.20. The van der Waals surface area contributed by atoms with Crippen molar-refractivity contribution in [3.8, 4) is 0 Å². The van der Waals surface area contributed by atoms with Crippen molar-refractivity contribution >= 4 is 5.69 Å². The molecule has 1 aliphatic heterocycles. The van der Waals surface area contributed by atoms with E-state index in [-0.39, 0.29) is 0 Å². The first kappa shape index (κ1) is 15.3. The molecule has 112 valence electrons. The van der Waals surface area contributed by atoms with E-state index in [4.69, 9.17) is 9.47 Å². The molecule has 0 bridgehead atoms. The maximum atomic E-state index is 5.45. The van der Waals surface area contributed by atoms with Crippen LogP contribution in [0, 0.1) is 0 Å². The van der Waals surface area contributed by atoms with E-state index in [0.717, 1.165) is 45.8 Å². The van der Waals surface area contributed by atoms with Crippen LogP contribution >= 0.6 is 0 Å². The summed E-state index contributed by atoms with van der Waals surface area (Å²) in [6.07, 6.45) is 2.23. The average Bonchev–Trinajstić information content (AvgIpc) is 2.52. The molecule has 20 heavy (non-hydrogen) atoms. The maximum Gasteiger partial charge on any atom is 0.0587 e. The number of nitrogens with one attached hydrogen (secondary N) is 1. The average molecular weight is 278 g/mol. The van der Waals surface area contributed by atoms with Gasteiger partial charge in [-0.25, -0.2) is 0 Å². The zero-order chi connectivity index (χ0) is 14.2. The lowest BCUT2D eigenvalue weighted by molar-refractivity contribution is 0.0854. The van der Waals surface area contributed by atoms with Crippen molar-refractivity contribution in [1.82, 2.24) is 5.32 Å². The van der Waals surface area contributed by atoms with Crippen molar-refractivity contribution in [3.63, 3.8) is 0 Å². The summed E-state index contributed by atoms with van der Waals surface area (Å²) in [7, 11) is 3.93. The van der Waals surface area contributed by atoms with Gasteiger partial charge < -0.3 is 19.7 Å². The van der Waals surface area contributed by atoms with Crippen molar-refractivity contribution in [2.24, 2.45) is 0 Å². The summed E-state index contributed by atoms with van der Waals surface area (Å²) in [6.45, 7) is 4.27. The van der Waals surface area contributed by atoms with E-state index in [1.54, 1.807) is 7.11 Å². The fraction of sp³-hybridized carbons (Fsp3) is 0.625. The molecule has 1 N–H and O–H groups in total. The van der Waals surface area contributed by atoms with Gasteiger partial charge in [-0.3, -0.25) is 0 Å². The van der Waals surface area contributed by atoms with Crippen LogP contribution in [0.2, 0.25) is 0 Å². The van der Waals surface area contributed by atoms with Gasteiger partial charge in [0.1, 0.15) is 0 Å². The fourth-order valence-electron chi connectivity index (χ4n) is 2.67. The predicted octanol–water partition coefficient (Wildman–Crippen LogP) is 2.04. The lowest BCUT2D eigenvalue weighted by Gasteiger charge is -2.34. The Balaban J connectivity index is 1.98. The Kier molecular flexibility index (Phi) is 6.30. The topological polar surface area (TPSA) is 33.7 Å². The summed E-state index contributed by atoms with van der Waals surface area (Å²) in [4.78, 5) is 2.41. The molecule has 0 saturated carbocycles. The third-order valence-electron chi connectivity index (χ3n) is 3.91. The highest BCUT2D eigenvalue weighted by Crippen LogP contribution is 2.24. The normalized spacial score (nSPS) is 16.3. The van der Waals surface area contributed by atoms with Crippen LogP contribution in [0.15, 0.2) is 24.3 Å². The Morgan fingerprint density at radius 3 is 2.80 bits per heavy atom. The Hall–Kier alpha value is -1.10. The van der Waals surface area contributed by atoms with Gasteiger partial charge in [0.25, 0.3) is 0 Å². The van der Waals surface area contributed by atoms with E-state index in [9.17, 15) is 0 Å². The first-order valence-electron chi connectivity index (χ1n) is 7.41. The molecule has 1 aliphatic rings. The summed E-state index contributed by atoms with van der Waals surface area (Å²) < 4.78 is 10.5. The summed E-state index contributed by atoms with van der Waals surface area (Å²) in [5.74, 6) is 0. The third-order valence-corrected chi connectivity index (χ3v) is 3.91. The molecule has 1 aromatic rings. The van der Waals surface area contributed by atoms with E-state index >= 15 is 0 Å². The molecule has 1 saturated heterocycles. The van der Waals surface area contributed by atoms with Crippen molar-refractivity contribution in [1.29, 1.82) is 0 Å². The van der Waals surface area contributed by atoms with Crippen LogP contribution in [0.3, 0.4) is 0 Å². The summed E-state index contributed by atoms with van der Waals surface area (Å²) in [6, 6.07) is 9.22. The molecule has 0 aliphatic carbocycles. The molecule has 0 spiro atoms. The number of hydrogen-bond acceptors (Lipinski definition) is 4. The lowest BCUT2D eigenvalue weighted by atomic mass is 10.0. The molecular formula is C16H26N2O2. The van der Waals surface area contributed by atoms with Crippen molar-refractivity contribution in [3.05, 3.63) is 29.8 Å². The van der Waals surface area contributed by atoms with Crippen LogP contribution in [-0.2, 0) is 16.0 Å². The van der Waals surface area contributed by atoms with Gasteiger partial charge in [0.15, 0.2) is 0 Å². The van der Waals surface area contributed by atoms with E-state index in [1.165, 1.54) is 11.3 Å². The van der Waals surface area contributed by atoms with Crippen LogP contribution in [0.5, 0.6) is 0 Å². The molecule has 0 amide bonds.